The van der Waals surface area contributed by atoms with E-state index in [1.807, 2.05) is 13.0 Å². The number of benzene rings is 1. The Labute approximate surface area is 141 Å². The van der Waals surface area contributed by atoms with Crippen LogP contribution < -0.4 is 14.8 Å². The van der Waals surface area contributed by atoms with Crippen molar-refractivity contribution in [1.82, 2.24) is 9.97 Å². The van der Waals surface area contributed by atoms with Gasteiger partial charge in [-0.1, -0.05) is 0 Å². The van der Waals surface area contributed by atoms with Crippen LogP contribution >= 0.6 is 11.3 Å². The fraction of sp³-hybridized carbons (Fsp3) is 0.188. The molecule has 0 aliphatic carbocycles. The summed E-state index contributed by atoms with van der Waals surface area (Å²) in [6.45, 7) is 1.98. The van der Waals surface area contributed by atoms with Gasteiger partial charge in [0, 0.05) is 17.0 Å². The van der Waals surface area contributed by atoms with E-state index in [1.165, 1.54) is 26.6 Å². The average Bonchev–Trinajstić information content (AvgIpc) is 2.95. The summed E-state index contributed by atoms with van der Waals surface area (Å²) in [6.07, 6.45) is 1.45. The molecule has 0 amide bonds. The maximum absolute atomic E-state index is 11.6. The number of rotatable bonds is 5. The number of thiophene rings is 1. The third-order valence-corrected chi connectivity index (χ3v) is 4.42. The van der Waals surface area contributed by atoms with Gasteiger partial charge in [0.05, 0.1) is 30.9 Å². The van der Waals surface area contributed by atoms with Gasteiger partial charge in [0.15, 0.2) is 11.5 Å². The fourth-order valence-electron chi connectivity index (χ4n) is 2.36. The molecule has 7 nitrogen and oxygen atoms in total. The van der Waals surface area contributed by atoms with E-state index in [-0.39, 0.29) is 5.56 Å². The highest BCUT2D eigenvalue weighted by atomic mass is 32.1. The first-order chi connectivity index (χ1) is 11.5. The second kappa shape index (κ2) is 6.32. The number of ether oxygens (including phenoxy) is 2. The Bertz CT molecular complexity index is 923. The highest BCUT2D eigenvalue weighted by Crippen LogP contribution is 2.36. The summed E-state index contributed by atoms with van der Waals surface area (Å²) in [5, 5.41) is 13.4. The molecule has 24 heavy (non-hydrogen) atoms. The predicted octanol–water partition coefficient (Wildman–Crippen LogP) is 3.46. The number of nitrogens with zero attached hydrogens (tertiary/aromatic N) is 2. The van der Waals surface area contributed by atoms with Gasteiger partial charge in [-0.15, -0.1) is 11.3 Å². The van der Waals surface area contributed by atoms with E-state index in [1.54, 1.807) is 17.4 Å². The minimum absolute atomic E-state index is 0.0614. The third-order valence-electron chi connectivity index (χ3n) is 3.46. The van der Waals surface area contributed by atoms with Crippen molar-refractivity contribution < 1.29 is 19.4 Å². The molecule has 0 spiro atoms. The maximum Gasteiger partial charge on any atom is 0.337 e. The van der Waals surface area contributed by atoms with Crippen LogP contribution in [0.25, 0.3) is 10.2 Å². The van der Waals surface area contributed by atoms with E-state index in [2.05, 4.69) is 15.3 Å². The quantitative estimate of drug-likeness (QED) is 0.731. The number of carboxylic acids is 1. The summed E-state index contributed by atoms with van der Waals surface area (Å²) in [4.78, 5) is 22.0. The highest BCUT2D eigenvalue weighted by Gasteiger charge is 2.18. The van der Waals surface area contributed by atoms with Crippen molar-refractivity contribution in [2.24, 2.45) is 0 Å². The van der Waals surface area contributed by atoms with Crippen molar-refractivity contribution in [2.45, 2.75) is 6.92 Å². The first kappa shape index (κ1) is 16.0. The Morgan fingerprint density at radius 3 is 2.54 bits per heavy atom. The van der Waals surface area contributed by atoms with Gasteiger partial charge in [0.2, 0.25) is 0 Å². The van der Waals surface area contributed by atoms with Crippen molar-refractivity contribution in [1.29, 1.82) is 0 Å². The minimum Gasteiger partial charge on any atom is -0.493 e. The first-order valence-corrected chi connectivity index (χ1v) is 7.82. The molecule has 0 saturated heterocycles. The van der Waals surface area contributed by atoms with E-state index in [0.717, 1.165) is 15.1 Å². The number of carbonyl (C=O) groups is 1. The van der Waals surface area contributed by atoms with E-state index < -0.39 is 5.97 Å². The number of methoxy groups -OCH3 is 2. The molecule has 124 valence electrons. The Hall–Kier alpha value is -2.87. The number of carboxylic acid groups (broad SMARTS) is 1. The van der Waals surface area contributed by atoms with E-state index in [9.17, 15) is 9.90 Å². The van der Waals surface area contributed by atoms with Gasteiger partial charge in [-0.05, 0) is 13.0 Å². The van der Waals surface area contributed by atoms with Crippen molar-refractivity contribution in [3.8, 4) is 11.5 Å². The zero-order valence-electron chi connectivity index (χ0n) is 13.3. The topological polar surface area (TPSA) is 93.6 Å². The summed E-state index contributed by atoms with van der Waals surface area (Å²) in [5.41, 5.74) is 0.426. The van der Waals surface area contributed by atoms with Crippen LogP contribution in [-0.4, -0.2) is 35.3 Å². The Balaban J connectivity index is 2.12. The zero-order chi connectivity index (χ0) is 17.3. The standard InChI is InChI=1S/C16H15N3O4S/c1-8-4-10-14(17-7-18-15(10)24-8)19-11-6-13(23-3)12(22-2)5-9(11)16(20)21/h4-7H,1-3H3,(H,20,21)(H,17,18,19). The number of hydrogen-bond acceptors (Lipinski definition) is 7. The number of aromatic carboxylic acids is 1. The van der Waals surface area contributed by atoms with Crippen LogP contribution in [0.5, 0.6) is 11.5 Å². The van der Waals surface area contributed by atoms with Crippen molar-refractivity contribution in [2.75, 3.05) is 19.5 Å². The molecule has 8 heteroatoms. The summed E-state index contributed by atoms with van der Waals surface area (Å²) in [5.74, 6) is 0.237. The number of aromatic nitrogens is 2. The summed E-state index contributed by atoms with van der Waals surface area (Å²) >= 11 is 1.55. The summed E-state index contributed by atoms with van der Waals surface area (Å²) in [7, 11) is 2.95. The zero-order valence-corrected chi connectivity index (χ0v) is 14.1. The van der Waals surface area contributed by atoms with Crippen molar-refractivity contribution in [3.63, 3.8) is 0 Å². The molecule has 0 aliphatic rings. The second-order valence-corrected chi connectivity index (χ2v) is 6.22. The SMILES string of the molecule is COc1cc(Nc2ncnc3sc(C)cc23)c(C(=O)O)cc1OC. The molecule has 3 aromatic rings. The van der Waals surface area contributed by atoms with Gasteiger partial charge in [-0.2, -0.15) is 0 Å². The molecule has 2 heterocycles. The van der Waals surface area contributed by atoms with Gasteiger partial charge in [0.1, 0.15) is 17.0 Å². The molecule has 3 rings (SSSR count). The van der Waals surface area contributed by atoms with Gasteiger partial charge >= 0.3 is 5.97 Å². The smallest absolute Gasteiger partial charge is 0.337 e. The molecule has 0 atom stereocenters. The summed E-state index contributed by atoms with van der Waals surface area (Å²) < 4.78 is 10.4. The van der Waals surface area contributed by atoms with Gasteiger partial charge in [0.25, 0.3) is 0 Å². The van der Waals surface area contributed by atoms with Gasteiger partial charge in [-0.3, -0.25) is 0 Å². The molecule has 0 aliphatic heterocycles. The largest absolute Gasteiger partial charge is 0.493 e. The monoisotopic (exact) mass is 345 g/mol. The van der Waals surface area contributed by atoms with Crippen LogP contribution in [0.1, 0.15) is 15.2 Å². The molecule has 2 aromatic heterocycles. The Kier molecular flexibility index (Phi) is 4.22. The number of anilines is 2. The fourth-order valence-corrected chi connectivity index (χ4v) is 3.21. The van der Waals surface area contributed by atoms with Crippen LogP contribution in [0, 0.1) is 6.92 Å². The molecule has 1 aromatic carbocycles. The average molecular weight is 345 g/mol. The van der Waals surface area contributed by atoms with Crippen LogP contribution in [0.3, 0.4) is 0 Å². The van der Waals surface area contributed by atoms with E-state index in [0.29, 0.717) is 23.0 Å². The molecule has 0 fully saturated rings. The van der Waals surface area contributed by atoms with Crippen LogP contribution in [0.2, 0.25) is 0 Å². The predicted molar refractivity (Wildman–Crippen MR) is 91.9 cm³/mol. The van der Waals surface area contributed by atoms with Gasteiger partial charge < -0.3 is 19.9 Å². The molecule has 0 bridgehead atoms. The first-order valence-electron chi connectivity index (χ1n) is 7.01. The van der Waals surface area contributed by atoms with Crippen molar-refractivity contribution in [3.05, 3.63) is 35.0 Å². The minimum atomic E-state index is -1.08. The van der Waals surface area contributed by atoms with Crippen LogP contribution in [0.15, 0.2) is 24.5 Å². The third kappa shape index (κ3) is 2.83. The number of fused-ring (bicyclic) bond motifs is 1. The Morgan fingerprint density at radius 1 is 1.17 bits per heavy atom. The van der Waals surface area contributed by atoms with E-state index in [4.69, 9.17) is 9.47 Å². The molecule has 0 saturated carbocycles. The number of nitrogens with one attached hydrogen (secondary N) is 1. The lowest BCUT2D eigenvalue weighted by molar-refractivity contribution is 0.0697. The molecular weight excluding hydrogens is 330 g/mol. The van der Waals surface area contributed by atoms with Crippen LogP contribution in [0.4, 0.5) is 11.5 Å². The van der Waals surface area contributed by atoms with Crippen molar-refractivity contribution >= 4 is 39.0 Å². The maximum atomic E-state index is 11.6. The van der Waals surface area contributed by atoms with Gasteiger partial charge in [-0.25, -0.2) is 14.8 Å². The lowest BCUT2D eigenvalue weighted by Gasteiger charge is -2.14. The van der Waals surface area contributed by atoms with E-state index >= 15 is 0 Å². The number of hydrogen-bond donors (Lipinski definition) is 2. The number of aryl methyl sites for hydroxylation is 1. The molecule has 0 radical (unpaired) electrons. The summed E-state index contributed by atoms with van der Waals surface area (Å²) in [6, 6.07) is 4.96. The van der Waals surface area contributed by atoms with Crippen LogP contribution in [-0.2, 0) is 0 Å². The highest BCUT2D eigenvalue weighted by molar-refractivity contribution is 7.18. The molecule has 2 N–H and O–H groups in total. The lowest BCUT2D eigenvalue weighted by Crippen LogP contribution is -2.05. The normalized spacial score (nSPS) is 10.6. The second-order valence-electron chi connectivity index (χ2n) is 4.98. The Morgan fingerprint density at radius 2 is 1.88 bits per heavy atom. The lowest BCUT2D eigenvalue weighted by atomic mass is 10.1. The molecule has 0 unspecified atom stereocenters. The molecular formula is C16H15N3O4S.